The normalized spacial score (nSPS) is 15.9. The van der Waals surface area contributed by atoms with Crippen LogP contribution >= 0.6 is 11.6 Å². The van der Waals surface area contributed by atoms with Gasteiger partial charge in [0.15, 0.2) is 5.78 Å². The molecule has 1 aliphatic rings. The molecule has 0 spiro atoms. The maximum absolute atomic E-state index is 12.6. The quantitative estimate of drug-likeness (QED) is 0.699. The van der Waals surface area contributed by atoms with Gasteiger partial charge in [-0.3, -0.25) is 19.2 Å². The molecule has 0 radical (unpaired) electrons. The van der Waals surface area contributed by atoms with Gasteiger partial charge in [-0.1, -0.05) is 30.2 Å². The van der Waals surface area contributed by atoms with Crippen LogP contribution in [-0.2, 0) is 11.3 Å². The van der Waals surface area contributed by atoms with Crippen molar-refractivity contribution in [2.45, 2.75) is 52.6 Å². The summed E-state index contributed by atoms with van der Waals surface area (Å²) in [6.45, 7) is 7.84. The number of benzene rings is 1. The number of amides is 1. The second-order valence-corrected chi connectivity index (χ2v) is 8.16. The Balaban J connectivity index is 1.69. The minimum atomic E-state index is -0.110. The minimum Gasteiger partial charge on any atom is -0.353 e. The van der Waals surface area contributed by atoms with Crippen molar-refractivity contribution in [2.75, 3.05) is 19.6 Å². The standard InChI is InChI=1S/C22H29ClN4O2/c1-15-22(17(3)28)16(2)27(25-15)14-21(29)24-13-20(26-11-5-4-6-12-26)18-7-9-19(23)10-8-18/h7-10,20H,4-6,11-14H2,1-3H3,(H,24,29). The number of nitrogens with one attached hydrogen (secondary N) is 1. The third kappa shape index (κ3) is 5.25. The Labute approximate surface area is 177 Å². The Morgan fingerprint density at radius 2 is 1.79 bits per heavy atom. The zero-order chi connectivity index (χ0) is 21.0. The molecule has 1 amide bonds. The lowest BCUT2D eigenvalue weighted by Gasteiger charge is -2.35. The number of halogens is 1. The summed E-state index contributed by atoms with van der Waals surface area (Å²) in [6.07, 6.45) is 3.61. The van der Waals surface area contributed by atoms with Crippen molar-refractivity contribution in [1.82, 2.24) is 20.0 Å². The summed E-state index contributed by atoms with van der Waals surface area (Å²) < 4.78 is 1.61. The molecule has 0 bridgehead atoms. The van der Waals surface area contributed by atoms with Crippen LogP contribution in [0.4, 0.5) is 0 Å². The number of aromatic nitrogens is 2. The SMILES string of the molecule is CC(=O)c1c(C)nn(CC(=O)NCC(c2ccc(Cl)cc2)N2CCCCC2)c1C. The lowest BCUT2D eigenvalue weighted by molar-refractivity contribution is -0.122. The van der Waals surface area contributed by atoms with Crippen LogP contribution in [0.1, 0.15) is 59.5 Å². The monoisotopic (exact) mass is 416 g/mol. The number of rotatable bonds is 7. The van der Waals surface area contributed by atoms with E-state index in [0.29, 0.717) is 22.8 Å². The highest BCUT2D eigenvalue weighted by Gasteiger charge is 2.23. The second-order valence-electron chi connectivity index (χ2n) is 7.73. The first-order valence-corrected chi connectivity index (χ1v) is 10.6. The summed E-state index contributed by atoms with van der Waals surface area (Å²) in [5.41, 5.74) is 3.15. The highest BCUT2D eigenvalue weighted by atomic mass is 35.5. The van der Waals surface area contributed by atoms with Gasteiger partial charge in [-0.15, -0.1) is 0 Å². The second kappa shape index (κ2) is 9.55. The van der Waals surface area contributed by atoms with E-state index in [-0.39, 0.29) is 24.3 Å². The average Bonchev–Trinajstić information content (AvgIpc) is 2.97. The van der Waals surface area contributed by atoms with Crippen LogP contribution in [0.15, 0.2) is 24.3 Å². The van der Waals surface area contributed by atoms with Crippen molar-refractivity contribution in [3.63, 3.8) is 0 Å². The van der Waals surface area contributed by atoms with Gasteiger partial charge < -0.3 is 5.32 Å². The number of aryl methyl sites for hydroxylation is 1. The minimum absolute atomic E-state index is 0.0282. The lowest BCUT2D eigenvalue weighted by Crippen LogP contribution is -2.41. The molecule has 0 aliphatic carbocycles. The molecule has 3 rings (SSSR count). The Morgan fingerprint density at radius 3 is 2.38 bits per heavy atom. The van der Waals surface area contributed by atoms with E-state index in [9.17, 15) is 9.59 Å². The van der Waals surface area contributed by atoms with Crippen LogP contribution in [0.5, 0.6) is 0 Å². The Bertz CT molecular complexity index is 870. The number of carbonyl (C=O) groups is 2. The third-order valence-electron chi connectivity index (χ3n) is 5.61. The number of hydrogen-bond acceptors (Lipinski definition) is 4. The molecule has 1 aromatic heterocycles. The van der Waals surface area contributed by atoms with E-state index in [1.54, 1.807) is 11.6 Å². The van der Waals surface area contributed by atoms with Crippen molar-refractivity contribution in [2.24, 2.45) is 0 Å². The molecule has 29 heavy (non-hydrogen) atoms. The molecular weight excluding hydrogens is 388 g/mol. The maximum atomic E-state index is 12.6. The van der Waals surface area contributed by atoms with Crippen LogP contribution in [0, 0.1) is 13.8 Å². The molecule has 1 N–H and O–H groups in total. The molecule has 2 heterocycles. The van der Waals surface area contributed by atoms with Crippen LogP contribution in [0.3, 0.4) is 0 Å². The molecule has 1 fully saturated rings. The number of piperidine rings is 1. The summed E-state index contributed by atoms with van der Waals surface area (Å²) >= 11 is 6.05. The topological polar surface area (TPSA) is 67.2 Å². The van der Waals surface area contributed by atoms with Crippen LogP contribution in [-0.4, -0.2) is 46.0 Å². The summed E-state index contributed by atoms with van der Waals surface area (Å²) in [7, 11) is 0. The first kappa shape index (κ1) is 21.5. The molecule has 1 aromatic carbocycles. The number of Topliss-reactive ketones (excluding diaryl/α,β-unsaturated/α-hetero) is 1. The van der Waals surface area contributed by atoms with Gasteiger partial charge in [-0.05, 0) is 64.4 Å². The third-order valence-corrected chi connectivity index (χ3v) is 5.86. The predicted molar refractivity (Wildman–Crippen MR) is 114 cm³/mol. The fourth-order valence-electron chi connectivity index (χ4n) is 4.14. The molecule has 2 aromatic rings. The van der Waals surface area contributed by atoms with Crippen molar-refractivity contribution in [3.8, 4) is 0 Å². The smallest absolute Gasteiger partial charge is 0.241 e. The molecule has 6 nitrogen and oxygen atoms in total. The Morgan fingerprint density at radius 1 is 1.14 bits per heavy atom. The summed E-state index contributed by atoms with van der Waals surface area (Å²) in [6, 6.07) is 7.98. The van der Waals surface area contributed by atoms with Crippen molar-refractivity contribution in [1.29, 1.82) is 0 Å². The zero-order valence-electron chi connectivity index (χ0n) is 17.4. The Kier molecular flexibility index (Phi) is 7.09. The number of likely N-dealkylation sites (tertiary alicyclic amines) is 1. The van der Waals surface area contributed by atoms with Gasteiger partial charge in [0, 0.05) is 17.3 Å². The van der Waals surface area contributed by atoms with E-state index in [0.717, 1.165) is 24.3 Å². The van der Waals surface area contributed by atoms with Gasteiger partial charge in [0.05, 0.1) is 17.3 Å². The van der Waals surface area contributed by atoms with Crippen molar-refractivity contribution in [3.05, 3.63) is 51.8 Å². The van der Waals surface area contributed by atoms with Crippen molar-refractivity contribution < 1.29 is 9.59 Å². The number of nitrogens with zero attached hydrogens (tertiary/aromatic N) is 3. The fourth-order valence-corrected chi connectivity index (χ4v) is 4.26. The number of hydrogen-bond donors (Lipinski definition) is 1. The average molecular weight is 417 g/mol. The molecule has 0 saturated carbocycles. The molecule has 1 saturated heterocycles. The highest BCUT2D eigenvalue weighted by Crippen LogP contribution is 2.25. The maximum Gasteiger partial charge on any atom is 0.241 e. The van der Waals surface area contributed by atoms with E-state index in [1.807, 2.05) is 31.2 Å². The Hall–Kier alpha value is -2.18. The van der Waals surface area contributed by atoms with Crippen LogP contribution in [0.25, 0.3) is 0 Å². The molecule has 1 aliphatic heterocycles. The van der Waals surface area contributed by atoms with E-state index < -0.39 is 0 Å². The largest absolute Gasteiger partial charge is 0.353 e. The van der Waals surface area contributed by atoms with Gasteiger partial charge in [0.1, 0.15) is 6.54 Å². The first-order valence-electron chi connectivity index (χ1n) is 10.2. The lowest BCUT2D eigenvalue weighted by atomic mass is 10.0. The van der Waals surface area contributed by atoms with E-state index >= 15 is 0 Å². The number of carbonyl (C=O) groups excluding carboxylic acids is 2. The van der Waals surface area contributed by atoms with Gasteiger partial charge >= 0.3 is 0 Å². The summed E-state index contributed by atoms with van der Waals surface area (Å²) in [5, 5.41) is 8.14. The van der Waals surface area contributed by atoms with Crippen molar-refractivity contribution >= 4 is 23.3 Å². The van der Waals surface area contributed by atoms with Gasteiger partial charge in [0.25, 0.3) is 0 Å². The van der Waals surface area contributed by atoms with Gasteiger partial charge in [-0.2, -0.15) is 5.10 Å². The first-order chi connectivity index (χ1) is 13.9. The molecule has 1 unspecified atom stereocenters. The molecule has 7 heteroatoms. The van der Waals surface area contributed by atoms with Gasteiger partial charge in [0.2, 0.25) is 5.91 Å². The number of ketones is 1. The van der Waals surface area contributed by atoms with Crippen LogP contribution < -0.4 is 5.32 Å². The molecule has 156 valence electrons. The molecule has 1 atom stereocenters. The summed E-state index contributed by atoms with van der Waals surface area (Å²) in [4.78, 5) is 26.9. The van der Waals surface area contributed by atoms with E-state index in [1.165, 1.54) is 26.2 Å². The zero-order valence-corrected chi connectivity index (χ0v) is 18.1. The fraction of sp³-hybridized carbons (Fsp3) is 0.500. The van der Waals surface area contributed by atoms with Gasteiger partial charge in [-0.25, -0.2) is 0 Å². The highest BCUT2D eigenvalue weighted by molar-refractivity contribution is 6.30. The summed E-state index contributed by atoms with van der Waals surface area (Å²) in [5.74, 6) is -0.138. The predicted octanol–water partition coefficient (Wildman–Crippen LogP) is 3.70. The van der Waals surface area contributed by atoms with Crippen LogP contribution in [0.2, 0.25) is 5.02 Å². The molecular formula is C22H29ClN4O2. The van der Waals surface area contributed by atoms with E-state index in [4.69, 9.17) is 11.6 Å². The van der Waals surface area contributed by atoms with E-state index in [2.05, 4.69) is 15.3 Å².